The average Bonchev–Trinajstić information content (AvgIpc) is 2.41. The van der Waals surface area contributed by atoms with Crippen molar-refractivity contribution in [2.75, 3.05) is 0 Å². The molecule has 0 heterocycles. The van der Waals surface area contributed by atoms with Gasteiger partial charge in [-0.05, 0) is 43.3 Å². The number of benzene rings is 2. The molecule has 0 bridgehead atoms. The molecule has 0 saturated heterocycles. The Morgan fingerprint density at radius 1 is 1.20 bits per heavy atom. The lowest BCUT2D eigenvalue weighted by Gasteiger charge is -2.09. The summed E-state index contributed by atoms with van der Waals surface area (Å²) in [5.74, 6) is 0.323. The van der Waals surface area contributed by atoms with Crippen LogP contribution in [0.3, 0.4) is 0 Å². The van der Waals surface area contributed by atoms with Crippen molar-refractivity contribution in [3.63, 3.8) is 0 Å². The van der Waals surface area contributed by atoms with E-state index < -0.39 is 5.97 Å². The topological polar surface area (TPSA) is 46.5 Å². The monoisotopic (exact) mass is 332 g/mol. The van der Waals surface area contributed by atoms with E-state index in [0.29, 0.717) is 17.1 Å². The van der Waals surface area contributed by atoms with Crippen molar-refractivity contribution in [1.82, 2.24) is 0 Å². The van der Waals surface area contributed by atoms with E-state index in [1.807, 2.05) is 43.3 Å². The zero-order valence-corrected chi connectivity index (χ0v) is 12.4. The van der Waals surface area contributed by atoms with Gasteiger partial charge in [0, 0.05) is 16.1 Å². The van der Waals surface area contributed by atoms with Gasteiger partial charge >= 0.3 is 5.97 Å². The minimum absolute atomic E-state index is 0.606. The molecule has 0 unspecified atom stereocenters. The molecule has 2 aromatic rings. The van der Waals surface area contributed by atoms with Gasteiger partial charge in [0.25, 0.3) is 0 Å². The molecule has 0 spiro atoms. The van der Waals surface area contributed by atoms with Gasteiger partial charge < -0.3 is 9.84 Å². The first kappa shape index (κ1) is 14.3. The van der Waals surface area contributed by atoms with Crippen LogP contribution in [0.2, 0.25) is 0 Å². The van der Waals surface area contributed by atoms with Gasteiger partial charge in [0.1, 0.15) is 11.5 Å². The number of aryl methyl sites for hydroxylation is 1. The van der Waals surface area contributed by atoms with E-state index >= 15 is 0 Å². The van der Waals surface area contributed by atoms with Crippen molar-refractivity contribution in [2.45, 2.75) is 6.92 Å². The maximum absolute atomic E-state index is 10.6. The van der Waals surface area contributed by atoms with Crippen LogP contribution in [0.15, 0.2) is 53.0 Å². The third-order valence-corrected chi connectivity index (χ3v) is 3.12. The largest absolute Gasteiger partial charge is 0.478 e. The molecule has 0 amide bonds. The molecule has 0 aliphatic heterocycles. The number of carboxylic acid groups (broad SMARTS) is 1. The van der Waals surface area contributed by atoms with Gasteiger partial charge in [0.2, 0.25) is 0 Å². The number of carbonyl (C=O) groups is 1. The van der Waals surface area contributed by atoms with Crippen LogP contribution >= 0.6 is 15.9 Å². The number of rotatable bonds is 4. The smallest absolute Gasteiger partial charge is 0.328 e. The molecule has 20 heavy (non-hydrogen) atoms. The molecule has 0 fully saturated rings. The summed E-state index contributed by atoms with van der Waals surface area (Å²) in [6, 6.07) is 13.1. The van der Waals surface area contributed by atoms with Crippen LogP contribution in [0.4, 0.5) is 0 Å². The summed E-state index contributed by atoms with van der Waals surface area (Å²) in [6.45, 7) is 2.00. The third-order valence-electron chi connectivity index (χ3n) is 2.63. The highest BCUT2D eigenvalue weighted by molar-refractivity contribution is 9.10. The van der Waals surface area contributed by atoms with E-state index in [1.165, 1.54) is 6.08 Å². The first-order valence-corrected chi connectivity index (χ1v) is 6.79. The molecule has 0 aromatic heterocycles. The number of ether oxygens (including phenoxy) is 1. The Hall–Kier alpha value is -2.07. The third kappa shape index (κ3) is 3.96. The molecule has 102 valence electrons. The number of carboxylic acids is 1. The molecule has 1 N–H and O–H groups in total. The van der Waals surface area contributed by atoms with Gasteiger partial charge in [-0.15, -0.1) is 0 Å². The summed E-state index contributed by atoms with van der Waals surface area (Å²) in [5.41, 5.74) is 1.85. The molecule has 0 radical (unpaired) electrons. The fraction of sp³-hybridized carbons (Fsp3) is 0.0625. The SMILES string of the molecule is Cc1ccc(Oc2ccc(Br)cc2/C=C/C(=O)O)cc1. The second kappa shape index (κ2) is 6.39. The van der Waals surface area contributed by atoms with E-state index in [9.17, 15) is 4.79 Å². The highest BCUT2D eigenvalue weighted by Crippen LogP contribution is 2.29. The average molecular weight is 333 g/mol. The Balaban J connectivity index is 2.30. The van der Waals surface area contributed by atoms with Crippen molar-refractivity contribution in [1.29, 1.82) is 0 Å². The Kier molecular flexibility index (Phi) is 4.58. The Morgan fingerprint density at radius 3 is 2.55 bits per heavy atom. The summed E-state index contributed by atoms with van der Waals surface area (Å²) in [4.78, 5) is 10.6. The zero-order valence-electron chi connectivity index (χ0n) is 10.8. The molecule has 0 atom stereocenters. The second-order valence-corrected chi connectivity index (χ2v) is 5.18. The fourth-order valence-electron chi connectivity index (χ4n) is 1.64. The van der Waals surface area contributed by atoms with Crippen LogP contribution < -0.4 is 4.74 Å². The molecule has 0 aliphatic carbocycles. The quantitative estimate of drug-likeness (QED) is 0.829. The maximum atomic E-state index is 10.6. The fourth-order valence-corrected chi connectivity index (χ4v) is 2.02. The minimum atomic E-state index is -0.994. The van der Waals surface area contributed by atoms with Gasteiger partial charge in [-0.1, -0.05) is 33.6 Å². The molecular weight excluding hydrogens is 320 g/mol. The van der Waals surface area contributed by atoms with Crippen molar-refractivity contribution in [3.05, 3.63) is 64.1 Å². The maximum Gasteiger partial charge on any atom is 0.328 e. The van der Waals surface area contributed by atoms with Crippen LogP contribution in [-0.4, -0.2) is 11.1 Å². The predicted molar refractivity (Wildman–Crippen MR) is 82.1 cm³/mol. The van der Waals surface area contributed by atoms with Crippen molar-refractivity contribution in [3.8, 4) is 11.5 Å². The lowest BCUT2D eigenvalue weighted by molar-refractivity contribution is -0.131. The minimum Gasteiger partial charge on any atom is -0.478 e. The van der Waals surface area contributed by atoms with Crippen LogP contribution in [-0.2, 0) is 4.79 Å². The lowest BCUT2D eigenvalue weighted by atomic mass is 10.2. The van der Waals surface area contributed by atoms with Crippen LogP contribution in [0.25, 0.3) is 6.08 Å². The van der Waals surface area contributed by atoms with Crippen molar-refractivity contribution in [2.24, 2.45) is 0 Å². The summed E-state index contributed by atoms with van der Waals surface area (Å²) in [6.07, 6.45) is 2.60. The van der Waals surface area contributed by atoms with E-state index in [4.69, 9.17) is 9.84 Å². The standard InChI is InChI=1S/C16H13BrO3/c1-11-2-6-14(7-3-11)20-15-8-5-13(17)10-12(15)4-9-16(18)19/h2-10H,1H3,(H,18,19)/b9-4+. The molecule has 0 aliphatic rings. The summed E-state index contributed by atoms with van der Waals surface area (Å²) < 4.78 is 6.65. The highest BCUT2D eigenvalue weighted by atomic mass is 79.9. The van der Waals surface area contributed by atoms with Crippen LogP contribution in [0, 0.1) is 6.92 Å². The Bertz CT molecular complexity index is 645. The summed E-state index contributed by atoms with van der Waals surface area (Å²) in [5, 5.41) is 8.72. The van der Waals surface area contributed by atoms with Gasteiger partial charge in [0.05, 0.1) is 0 Å². The first-order valence-electron chi connectivity index (χ1n) is 6.00. The number of aliphatic carboxylic acids is 1. The van der Waals surface area contributed by atoms with E-state index in [1.54, 1.807) is 6.07 Å². The molecule has 2 aromatic carbocycles. The van der Waals surface area contributed by atoms with E-state index in [2.05, 4.69) is 15.9 Å². The number of hydrogen-bond donors (Lipinski definition) is 1. The Labute approximate surface area is 125 Å². The molecular formula is C16H13BrO3. The van der Waals surface area contributed by atoms with Crippen LogP contribution in [0.1, 0.15) is 11.1 Å². The van der Waals surface area contributed by atoms with Gasteiger partial charge in [-0.3, -0.25) is 0 Å². The predicted octanol–water partition coefficient (Wildman–Crippen LogP) is 4.65. The zero-order chi connectivity index (χ0) is 14.5. The highest BCUT2D eigenvalue weighted by Gasteiger charge is 2.04. The molecule has 4 heteroatoms. The molecule has 2 rings (SSSR count). The first-order chi connectivity index (χ1) is 9.54. The summed E-state index contributed by atoms with van der Waals surface area (Å²) >= 11 is 3.36. The lowest BCUT2D eigenvalue weighted by Crippen LogP contribution is -1.90. The van der Waals surface area contributed by atoms with Gasteiger partial charge in [0.15, 0.2) is 0 Å². The van der Waals surface area contributed by atoms with Crippen molar-refractivity contribution < 1.29 is 14.6 Å². The number of hydrogen-bond acceptors (Lipinski definition) is 2. The summed E-state index contributed by atoms with van der Waals surface area (Å²) in [7, 11) is 0. The molecule has 3 nitrogen and oxygen atoms in total. The number of halogens is 1. The van der Waals surface area contributed by atoms with Gasteiger partial charge in [-0.2, -0.15) is 0 Å². The van der Waals surface area contributed by atoms with Crippen LogP contribution in [0.5, 0.6) is 11.5 Å². The normalized spacial score (nSPS) is 10.7. The second-order valence-electron chi connectivity index (χ2n) is 4.27. The Morgan fingerprint density at radius 2 is 1.90 bits per heavy atom. The van der Waals surface area contributed by atoms with E-state index in [-0.39, 0.29) is 0 Å². The molecule has 0 saturated carbocycles. The van der Waals surface area contributed by atoms with Crippen molar-refractivity contribution >= 4 is 28.0 Å². The van der Waals surface area contributed by atoms with Gasteiger partial charge in [-0.25, -0.2) is 4.79 Å². The van der Waals surface area contributed by atoms with E-state index in [0.717, 1.165) is 16.1 Å².